The van der Waals surface area contributed by atoms with Gasteiger partial charge in [0.05, 0.1) is 6.10 Å². The summed E-state index contributed by atoms with van der Waals surface area (Å²) in [5.74, 6) is 0. The summed E-state index contributed by atoms with van der Waals surface area (Å²) in [7, 11) is 0. The largest absolute Gasteiger partial charge is 0.389 e. The fourth-order valence-electron chi connectivity index (χ4n) is 2.56. The molecular formula is C22H22OS4. The Morgan fingerprint density at radius 3 is 1.56 bits per heavy atom. The van der Waals surface area contributed by atoms with Gasteiger partial charge in [0.1, 0.15) is 0 Å². The summed E-state index contributed by atoms with van der Waals surface area (Å²) in [5, 5.41) is 10.2. The highest BCUT2D eigenvalue weighted by Gasteiger charge is 2.11. The minimum Gasteiger partial charge on any atom is -0.389 e. The van der Waals surface area contributed by atoms with Gasteiger partial charge in [-0.05, 0) is 85.7 Å². The fourth-order valence-corrected chi connectivity index (χ4v) is 5.38. The van der Waals surface area contributed by atoms with Crippen molar-refractivity contribution in [2.24, 2.45) is 0 Å². The molecule has 0 aliphatic heterocycles. The third-order valence-corrected chi connectivity index (χ3v) is 7.58. The Kier molecular flexibility index (Phi) is 7.67. The SMILES string of the molecule is CSc1ccc(Sc2ccc(C(C)O)c(Sc3ccc(SC)cc3)c2)cc1. The fraction of sp³-hybridized carbons (Fsp3) is 0.182. The van der Waals surface area contributed by atoms with Crippen LogP contribution in [0.2, 0.25) is 0 Å². The topological polar surface area (TPSA) is 20.2 Å². The number of aliphatic hydroxyl groups is 1. The summed E-state index contributed by atoms with van der Waals surface area (Å²) in [6.07, 6.45) is 3.68. The molecule has 0 bridgehead atoms. The van der Waals surface area contributed by atoms with Crippen LogP contribution in [-0.2, 0) is 0 Å². The first-order valence-electron chi connectivity index (χ1n) is 8.55. The molecule has 0 amide bonds. The van der Waals surface area contributed by atoms with Crippen LogP contribution in [-0.4, -0.2) is 17.6 Å². The molecule has 1 unspecified atom stereocenters. The van der Waals surface area contributed by atoms with E-state index in [1.807, 2.05) is 13.0 Å². The van der Waals surface area contributed by atoms with Crippen molar-refractivity contribution < 1.29 is 5.11 Å². The molecule has 3 aromatic carbocycles. The Morgan fingerprint density at radius 1 is 0.630 bits per heavy atom. The number of thioether (sulfide) groups is 2. The highest BCUT2D eigenvalue weighted by molar-refractivity contribution is 8.00. The van der Waals surface area contributed by atoms with Crippen LogP contribution in [0.15, 0.2) is 96.1 Å². The van der Waals surface area contributed by atoms with E-state index in [1.54, 1.807) is 47.0 Å². The van der Waals surface area contributed by atoms with Crippen LogP contribution in [0.5, 0.6) is 0 Å². The summed E-state index contributed by atoms with van der Waals surface area (Å²) >= 11 is 6.95. The van der Waals surface area contributed by atoms with E-state index in [9.17, 15) is 5.11 Å². The zero-order valence-electron chi connectivity index (χ0n) is 15.5. The summed E-state index contributed by atoms with van der Waals surface area (Å²) in [6.45, 7) is 1.82. The van der Waals surface area contributed by atoms with Gasteiger partial charge in [-0.1, -0.05) is 29.6 Å². The van der Waals surface area contributed by atoms with Crippen LogP contribution in [0.25, 0.3) is 0 Å². The molecule has 0 spiro atoms. The van der Waals surface area contributed by atoms with Gasteiger partial charge in [0.25, 0.3) is 0 Å². The molecule has 5 heteroatoms. The molecule has 0 aromatic heterocycles. The van der Waals surface area contributed by atoms with Crippen molar-refractivity contribution >= 4 is 47.0 Å². The van der Waals surface area contributed by atoms with Crippen LogP contribution >= 0.6 is 47.0 Å². The molecule has 3 rings (SSSR count). The molecule has 0 heterocycles. The van der Waals surface area contributed by atoms with Crippen LogP contribution in [0.4, 0.5) is 0 Å². The lowest BCUT2D eigenvalue weighted by Crippen LogP contribution is -1.94. The maximum absolute atomic E-state index is 10.2. The van der Waals surface area contributed by atoms with E-state index in [2.05, 4.69) is 73.2 Å². The molecule has 140 valence electrons. The average molecular weight is 431 g/mol. The first kappa shape index (κ1) is 20.7. The molecule has 27 heavy (non-hydrogen) atoms. The van der Waals surface area contributed by atoms with Crippen molar-refractivity contribution in [3.05, 3.63) is 72.3 Å². The second-order valence-corrected chi connectivity index (χ2v) is 9.95. The molecule has 0 aliphatic rings. The zero-order valence-corrected chi connectivity index (χ0v) is 18.8. The maximum atomic E-state index is 10.2. The van der Waals surface area contributed by atoms with Crippen molar-refractivity contribution in [3.63, 3.8) is 0 Å². The van der Waals surface area contributed by atoms with Gasteiger partial charge in [0, 0.05) is 29.4 Å². The Labute approximate surface area is 178 Å². The minimum atomic E-state index is -0.488. The molecule has 1 N–H and O–H groups in total. The maximum Gasteiger partial charge on any atom is 0.0772 e. The van der Waals surface area contributed by atoms with Crippen molar-refractivity contribution in [3.8, 4) is 0 Å². The van der Waals surface area contributed by atoms with Gasteiger partial charge in [0.15, 0.2) is 0 Å². The third-order valence-electron chi connectivity index (χ3n) is 4.02. The Bertz CT molecular complexity index is 874. The summed E-state index contributed by atoms with van der Waals surface area (Å²) in [5.41, 5.74) is 0.969. The van der Waals surface area contributed by atoms with Crippen LogP contribution < -0.4 is 0 Å². The number of benzene rings is 3. The minimum absolute atomic E-state index is 0.488. The van der Waals surface area contributed by atoms with Gasteiger partial charge in [0.2, 0.25) is 0 Å². The Balaban J connectivity index is 1.84. The van der Waals surface area contributed by atoms with Gasteiger partial charge >= 0.3 is 0 Å². The van der Waals surface area contributed by atoms with Crippen LogP contribution in [0.1, 0.15) is 18.6 Å². The highest BCUT2D eigenvalue weighted by atomic mass is 32.2. The molecule has 0 fully saturated rings. The predicted molar refractivity (Wildman–Crippen MR) is 122 cm³/mol. The predicted octanol–water partition coefficient (Wildman–Crippen LogP) is 7.49. The molecule has 0 saturated carbocycles. The van der Waals surface area contributed by atoms with E-state index in [-0.39, 0.29) is 0 Å². The molecule has 1 atom stereocenters. The Morgan fingerprint density at radius 2 is 1.07 bits per heavy atom. The second-order valence-electron chi connectivity index (χ2n) is 5.93. The molecule has 1 nitrogen and oxygen atoms in total. The van der Waals surface area contributed by atoms with Crippen LogP contribution in [0.3, 0.4) is 0 Å². The summed E-state index contributed by atoms with van der Waals surface area (Å²) in [4.78, 5) is 7.22. The van der Waals surface area contributed by atoms with Gasteiger partial charge in [-0.25, -0.2) is 0 Å². The van der Waals surface area contributed by atoms with Gasteiger partial charge in [-0.3, -0.25) is 0 Å². The normalized spacial score (nSPS) is 12.1. The summed E-state index contributed by atoms with van der Waals surface area (Å²) < 4.78 is 0. The Hall–Kier alpha value is -0.980. The van der Waals surface area contributed by atoms with Crippen molar-refractivity contribution in [2.45, 2.75) is 42.4 Å². The third kappa shape index (κ3) is 5.75. The van der Waals surface area contributed by atoms with Gasteiger partial charge in [-0.2, -0.15) is 0 Å². The number of aliphatic hydroxyl groups excluding tert-OH is 1. The zero-order chi connectivity index (χ0) is 19.2. The smallest absolute Gasteiger partial charge is 0.0772 e. The first-order valence-corrected chi connectivity index (χ1v) is 12.6. The van der Waals surface area contributed by atoms with Gasteiger partial charge < -0.3 is 5.11 Å². The van der Waals surface area contributed by atoms with Crippen molar-refractivity contribution in [2.75, 3.05) is 12.5 Å². The first-order chi connectivity index (χ1) is 13.1. The van der Waals surface area contributed by atoms with Crippen molar-refractivity contribution in [1.82, 2.24) is 0 Å². The monoisotopic (exact) mass is 430 g/mol. The molecule has 0 aliphatic carbocycles. The van der Waals surface area contributed by atoms with E-state index in [4.69, 9.17) is 0 Å². The number of hydrogen-bond donors (Lipinski definition) is 1. The van der Waals surface area contributed by atoms with Crippen molar-refractivity contribution in [1.29, 1.82) is 0 Å². The van der Waals surface area contributed by atoms with E-state index in [1.165, 1.54) is 24.5 Å². The van der Waals surface area contributed by atoms with E-state index in [0.717, 1.165) is 10.5 Å². The quantitative estimate of drug-likeness (QED) is 0.391. The standard InChI is InChI=1S/C22H22OS4/c1-15(23)21-13-12-20(26-18-8-4-16(24-2)5-9-18)14-22(21)27-19-10-6-17(25-3)7-11-19/h4-15,23H,1-3H3. The lowest BCUT2D eigenvalue weighted by atomic mass is 10.1. The average Bonchev–Trinajstić information content (AvgIpc) is 2.69. The van der Waals surface area contributed by atoms with Crippen LogP contribution in [0, 0.1) is 0 Å². The second kappa shape index (κ2) is 9.99. The summed E-state index contributed by atoms with van der Waals surface area (Å²) in [6, 6.07) is 23.5. The lowest BCUT2D eigenvalue weighted by Gasteiger charge is -2.14. The van der Waals surface area contributed by atoms with E-state index in [0.29, 0.717) is 0 Å². The molecule has 0 radical (unpaired) electrons. The lowest BCUT2D eigenvalue weighted by molar-refractivity contribution is 0.196. The molecule has 3 aromatic rings. The van der Waals surface area contributed by atoms with E-state index >= 15 is 0 Å². The molecule has 0 saturated heterocycles. The number of rotatable bonds is 7. The molecular weight excluding hydrogens is 409 g/mol. The van der Waals surface area contributed by atoms with E-state index < -0.39 is 6.10 Å². The highest BCUT2D eigenvalue weighted by Crippen LogP contribution is 2.38. The van der Waals surface area contributed by atoms with Gasteiger partial charge in [-0.15, -0.1) is 23.5 Å². The number of hydrogen-bond acceptors (Lipinski definition) is 5.